The van der Waals surface area contributed by atoms with E-state index in [9.17, 15) is 9.59 Å². The fourth-order valence-corrected chi connectivity index (χ4v) is 3.94. The number of thioether (sulfide) groups is 1. The predicted octanol–water partition coefficient (Wildman–Crippen LogP) is 3.82. The van der Waals surface area contributed by atoms with Gasteiger partial charge < -0.3 is 4.42 Å². The maximum Gasteiger partial charge on any atom is 0.257 e. The lowest BCUT2D eigenvalue weighted by molar-refractivity contribution is -0.127. The Bertz CT molecular complexity index is 707. The highest BCUT2D eigenvalue weighted by atomic mass is 32.2. The number of carbonyl (C=O) groups excluding carboxylic acids is 2. The molecule has 1 aromatic heterocycles. The second kappa shape index (κ2) is 9.62. The summed E-state index contributed by atoms with van der Waals surface area (Å²) in [4.78, 5) is 28.0. The minimum atomic E-state index is -0.280. The maximum absolute atomic E-state index is 11.8. The van der Waals surface area contributed by atoms with Crippen LogP contribution in [0.1, 0.15) is 51.4 Å². The van der Waals surface area contributed by atoms with E-state index in [0.29, 0.717) is 17.2 Å². The molecule has 3 rings (SSSR count). The summed E-state index contributed by atoms with van der Waals surface area (Å²) in [5.41, 5.74) is 6.39. The molecule has 6 nitrogen and oxygen atoms in total. The number of hydrogen-bond donors (Lipinski definition) is 2. The van der Waals surface area contributed by atoms with Crippen molar-refractivity contribution in [2.24, 2.45) is 5.92 Å². The number of benzene rings is 1. The Morgan fingerprint density at radius 2 is 1.88 bits per heavy atom. The lowest BCUT2D eigenvalue weighted by atomic mass is 9.86. The number of para-hydroxylation sites is 2. The number of carbonyl (C=O) groups is 2. The molecule has 1 fully saturated rings. The van der Waals surface area contributed by atoms with Crippen molar-refractivity contribution in [1.29, 1.82) is 0 Å². The molecule has 0 atom stereocenters. The number of oxazole rings is 1. The molecular weight excluding hydrogens is 350 g/mol. The highest BCUT2D eigenvalue weighted by molar-refractivity contribution is 7.99. The molecule has 0 aliphatic heterocycles. The topological polar surface area (TPSA) is 84.2 Å². The summed E-state index contributed by atoms with van der Waals surface area (Å²) in [6, 6.07) is 7.45. The van der Waals surface area contributed by atoms with Crippen molar-refractivity contribution in [2.75, 3.05) is 5.75 Å². The van der Waals surface area contributed by atoms with E-state index in [1.54, 1.807) is 0 Å². The molecule has 2 aromatic rings. The quantitative estimate of drug-likeness (QED) is 0.568. The standard InChI is InChI=1S/C19H25N3O3S/c23-17(12-6-9-14-7-2-1-3-8-14)21-22-18(24)13-26-19-20-15-10-4-5-11-16(15)25-19/h4-5,10-11,14H,1-3,6-9,12-13H2,(H,21,23)(H,22,24). The highest BCUT2D eigenvalue weighted by Gasteiger charge is 2.14. The third kappa shape index (κ3) is 5.76. The first kappa shape index (κ1) is 18.8. The van der Waals surface area contributed by atoms with Crippen LogP contribution in [0.2, 0.25) is 0 Å². The summed E-state index contributed by atoms with van der Waals surface area (Å²) in [7, 11) is 0. The van der Waals surface area contributed by atoms with Gasteiger partial charge in [-0.05, 0) is 30.9 Å². The molecule has 0 unspecified atom stereocenters. The van der Waals surface area contributed by atoms with E-state index in [1.807, 2.05) is 24.3 Å². The summed E-state index contributed by atoms with van der Waals surface area (Å²) in [6.45, 7) is 0. The number of hydrogen-bond acceptors (Lipinski definition) is 5. The molecular formula is C19H25N3O3S. The van der Waals surface area contributed by atoms with Gasteiger partial charge in [-0.25, -0.2) is 4.98 Å². The molecule has 26 heavy (non-hydrogen) atoms. The average Bonchev–Trinajstić information content (AvgIpc) is 3.08. The molecule has 2 amide bonds. The number of aromatic nitrogens is 1. The van der Waals surface area contributed by atoms with Crippen LogP contribution < -0.4 is 10.9 Å². The maximum atomic E-state index is 11.8. The van der Waals surface area contributed by atoms with Crippen LogP contribution in [0, 0.1) is 5.92 Å². The molecule has 1 aliphatic carbocycles. The first-order valence-electron chi connectivity index (χ1n) is 9.27. The van der Waals surface area contributed by atoms with Crippen LogP contribution in [0.5, 0.6) is 0 Å². The van der Waals surface area contributed by atoms with Gasteiger partial charge >= 0.3 is 0 Å². The first-order valence-corrected chi connectivity index (χ1v) is 10.3. The fourth-order valence-electron chi connectivity index (χ4n) is 3.31. The number of amides is 2. The van der Waals surface area contributed by atoms with Gasteiger partial charge in [0.2, 0.25) is 11.8 Å². The van der Waals surface area contributed by atoms with Gasteiger partial charge in [0.25, 0.3) is 5.22 Å². The Hall–Kier alpha value is -2.02. The average molecular weight is 375 g/mol. The van der Waals surface area contributed by atoms with Gasteiger partial charge in [0.1, 0.15) is 5.52 Å². The van der Waals surface area contributed by atoms with Crippen molar-refractivity contribution in [1.82, 2.24) is 15.8 Å². The van der Waals surface area contributed by atoms with Crippen molar-refractivity contribution in [3.8, 4) is 0 Å². The minimum Gasteiger partial charge on any atom is -0.431 e. The predicted molar refractivity (Wildman–Crippen MR) is 101 cm³/mol. The fraction of sp³-hybridized carbons (Fsp3) is 0.526. The zero-order valence-electron chi connectivity index (χ0n) is 14.8. The highest BCUT2D eigenvalue weighted by Crippen LogP contribution is 2.27. The van der Waals surface area contributed by atoms with Gasteiger partial charge in [-0.15, -0.1) is 0 Å². The molecule has 7 heteroatoms. The number of rotatable bonds is 7. The van der Waals surface area contributed by atoms with Gasteiger partial charge in [0.05, 0.1) is 5.75 Å². The van der Waals surface area contributed by atoms with Crippen LogP contribution in [0.3, 0.4) is 0 Å². The summed E-state index contributed by atoms with van der Waals surface area (Å²) in [6.07, 6.45) is 9.03. The van der Waals surface area contributed by atoms with Crippen LogP contribution in [0.4, 0.5) is 0 Å². The first-order chi connectivity index (χ1) is 12.7. The Balaban J connectivity index is 1.30. The van der Waals surface area contributed by atoms with Crippen molar-refractivity contribution in [3.63, 3.8) is 0 Å². The molecule has 0 saturated heterocycles. The molecule has 0 radical (unpaired) electrons. The zero-order chi connectivity index (χ0) is 18.2. The summed E-state index contributed by atoms with van der Waals surface area (Å²) in [5, 5.41) is 0.445. The van der Waals surface area contributed by atoms with E-state index in [1.165, 1.54) is 43.9 Å². The lowest BCUT2D eigenvalue weighted by Crippen LogP contribution is -2.42. The number of nitrogens with one attached hydrogen (secondary N) is 2. The number of nitrogens with zero attached hydrogens (tertiary/aromatic N) is 1. The summed E-state index contributed by atoms with van der Waals surface area (Å²) >= 11 is 1.20. The Kier molecular flexibility index (Phi) is 6.94. The van der Waals surface area contributed by atoms with Crippen molar-refractivity contribution < 1.29 is 14.0 Å². The van der Waals surface area contributed by atoms with E-state index >= 15 is 0 Å². The van der Waals surface area contributed by atoms with Gasteiger partial charge in [0, 0.05) is 6.42 Å². The third-order valence-electron chi connectivity index (χ3n) is 4.68. The summed E-state index contributed by atoms with van der Waals surface area (Å²) < 4.78 is 5.54. The van der Waals surface area contributed by atoms with Crippen LogP contribution in [-0.2, 0) is 9.59 Å². The smallest absolute Gasteiger partial charge is 0.257 e. The van der Waals surface area contributed by atoms with Gasteiger partial charge in [-0.2, -0.15) is 0 Å². The number of hydrazine groups is 1. The third-order valence-corrected chi connectivity index (χ3v) is 5.51. The van der Waals surface area contributed by atoms with E-state index in [-0.39, 0.29) is 17.6 Å². The van der Waals surface area contributed by atoms with Crippen molar-refractivity contribution in [2.45, 2.75) is 56.6 Å². The van der Waals surface area contributed by atoms with E-state index in [4.69, 9.17) is 4.42 Å². The van der Waals surface area contributed by atoms with Crippen LogP contribution >= 0.6 is 11.8 Å². The normalized spacial score (nSPS) is 15.1. The molecule has 1 heterocycles. The molecule has 0 bridgehead atoms. The molecule has 140 valence electrons. The zero-order valence-corrected chi connectivity index (χ0v) is 15.6. The van der Waals surface area contributed by atoms with Crippen LogP contribution in [0.15, 0.2) is 33.9 Å². The van der Waals surface area contributed by atoms with Gasteiger partial charge in [0.15, 0.2) is 5.58 Å². The SMILES string of the molecule is O=C(CCCC1CCCCC1)NNC(=O)CSc1nc2ccccc2o1. The van der Waals surface area contributed by atoms with Crippen LogP contribution in [0.25, 0.3) is 11.1 Å². The van der Waals surface area contributed by atoms with Crippen molar-refractivity contribution >= 4 is 34.7 Å². The van der Waals surface area contributed by atoms with E-state index in [0.717, 1.165) is 24.3 Å². The molecule has 0 spiro atoms. The van der Waals surface area contributed by atoms with Crippen LogP contribution in [-0.4, -0.2) is 22.6 Å². The Morgan fingerprint density at radius 1 is 1.12 bits per heavy atom. The lowest BCUT2D eigenvalue weighted by Gasteiger charge is -2.21. The van der Waals surface area contributed by atoms with E-state index < -0.39 is 0 Å². The monoisotopic (exact) mass is 375 g/mol. The number of fused-ring (bicyclic) bond motifs is 1. The molecule has 1 aliphatic rings. The molecule has 1 saturated carbocycles. The second-order valence-electron chi connectivity index (χ2n) is 6.73. The Morgan fingerprint density at radius 3 is 2.69 bits per heavy atom. The largest absolute Gasteiger partial charge is 0.431 e. The minimum absolute atomic E-state index is 0.134. The molecule has 2 N–H and O–H groups in total. The molecule has 1 aromatic carbocycles. The van der Waals surface area contributed by atoms with Crippen molar-refractivity contribution in [3.05, 3.63) is 24.3 Å². The van der Waals surface area contributed by atoms with E-state index in [2.05, 4.69) is 15.8 Å². The summed E-state index contributed by atoms with van der Waals surface area (Å²) in [5.74, 6) is 0.493. The van der Waals surface area contributed by atoms with Gasteiger partial charge in [-0.1, -0.05) is 56.0 Å². The van der Waals surface area contributed by atoms with Gasteiger partial charge in [-0.3, -0.25) is 20.4 Å². The second-order valence-corrected chi connectivity index (χ2v) is 7.66. The Labute approximate surface area is 157 Å².